The Kier molecular flexibility index (Phi) is 7.78. The fraction of sp³-hybridized carbons (Fsp3) is 0.0625. The SMILES string of the molecule is [C-]#[N+]C([N+]#[C-])=C1Cc2c(-c3c(F)c(F)c(C#N)c(F)c3F)c3c(c(-c4c(F)c(F)c(C#N)c(F)c4F)c2=C1F)CC(=C(C#N)C#N)C=3F. The summed E-state index contributed by atoms with van der Waals surface area (Å²) in [5.41, 5.74) is -14.9. The first-order valence-electron chi connectivity index (χ1n) is 12.6. The van der Waals surface area contributed by atoms with Crippen LogP contribution in [0.4, 0.5) is 43.9 Å². The van der Waals surface area contributed by atoms with Crippen LogP contribution in [0.1, 0.15) is 22.3 Å². The van der Waals surface area contributed by atoms with Gasteiger partial charge in [0.15, 0.2) is 46.5 Å². The van der Waals surface area contributed by atoms with Crippen LogP contribution >= 0.6 is 0 Å². The Morgan fingerprint density at radius 3 is 1.15 bits per heavy atom. The van der Waals surface area contributed by atoms with E-state index in [1.54, 1.807) is 0 Å². The van der Waals surface area contributed by atoms with Gasteiger partial charge >= 0.3 is 5.82 Å². The van der Waals surface area contributed by atoms with Crippen molar-refractivity contribution in [1.82, 2.24) is 0 Å². The van der Waals surface area contributed by atoms with Crippen molar-refractivity contribution in [2.75, 3.05) is 0 Å². The van der Waals surface area contributed by atoms with Crippen LogP contribution in [0.15, 0.2) is 22.5 Å². The Labute approximate surface area is 260 Å². The first kappa shape index (κ1) is 32.5. The average molecular weight is 662 g/mol. The van der Waals surface area contributed by atoms with Crippen molar-refractivity contribution in [1.29, 1.82) is 21.0 Å². The molecule has 2 aliphatic rings. The van der Waals surface area contributed by atoms with E-state index in [0.717, 1.165) is 12.1 Å². The summed E-state index contributed by atoms with van der Waals surface area (Å²) in [6, 6.07) is 4.33. The minimum absolute atomic E-state index is 0.878. The Hall–Kier alpha value is -6.88. The van der Waals surface area contributed by atoms with Crippen molar-refractivity contribution >= 4 is 11.7 Å². The van der Waals surface area contributed by atoms with Crippen molar-refractivity contribution in [3.63, 3.8) is 0 Å². The number of rotatable bonds is 2. The molecule has 0 aliphatic heterocycles. The summed E-state index contributed by atoms with van der Waals surface area (Å²) < 4.78 is 155. The molecule has 2 aliphatic carbocycles. The van der Waals surface area contributed by atoms with E-state index in [0.29, 0.717) is 0 Å². The molecular formula is C32H4F10N6. The van der Waals surface area contributed by atoms with E-state index in [-0.39, 0.29) is 0 Å². The predicted octanol–water partition coefficient (Wildman–Crippen LogP) is 6.54. The fourth-order valence-corrected chi connectivity index (χ4v) is 5.65. The maximum absolute atomic E-state index is 16.4. The summed E-state index contributed by atoms with van der Waals surface area (Å²) in [6.45, 7) is 14.4. The molecule has 0 aromatic heterocycles. The molecule has 16 heteroatoms. The largest absolute Gasteiger partial charge is 0.525 e. The summed E-state index contributed by atoms with van der Waals surface area (Å²) in [4.78, 5) is 5.60. The Bertz CT molecular complexity index is 2310. The number of halogens is 10. The van der Waals surface area contributed by atoms with Crippen molar-refractivity contribution in [2.24, 2.45) is 0 Å². The highest BCUT2D eigenvalue weighted by molar-refractivity contribution is 5.91. The summed E-state index contributed by atoms with van der Waals surface area (Å²) in [5, 5.41) is 34.4. The van der Waals surface area contributed by atoms with Crippen LogP contribution in [0.5, 0.6) is 0 Å². The second kappa shape index (κ2) is 11.5. The van der Waals surface area contributed by atoms with E-state index >= 15 is 26.3 Å². The first-order valence-corrected chi connectivity index (χ1v) is 12.6. The van der Waals surface area contributed by atoms with Crippen LogP contribution in [0.25, 0.3) is 43.6 Å². The quantitative estimate of drug-likeness (QED) is 0.135. The third kappa shape index (κ3) is 4.14. The highest BCUT2D eigenvalue weighted by Crippen LogP contribution is 2.43. The Morgan fingerprint density at radius 2 is 0.833 bits per heavy atom. The molecule has 0 saturated heterocycles. The molecule has 6 nitrogen and oxygen atoms in total. The highest BCUT2D eigenvalue weighted by Gasteiger charge is 2.41. The van der Waals surface area contributed by atoms with E-state index in [2.05, 4.69) is 9.69 Å². The van der Waals surface area contributed by atoms with E-state index in [1.807, 2.05) is 0 Å². The topological polar surface area (TPSA) is 104 Å². The van der Waals surface area contributed by atoms with Crippen molar-refractivity contribution in [3.8, 4) is 46.5 Å². The van der Waals surface area contributed by atoms with Crippen molar-refractivity contribution < 1.29 is 43.9 Å². The lowest BCUT2D eigenvalue weighted by atomic mass is 9.85. The molecular weight excluding hydrogens is 658 g/mol. The number of hydrogen-bond donors (Lipinski definition) is 0. The van der Waals surface area contributed by atoms with Gasteiger partial charge in [-0.05, 0) is 11.1 Å². The van der Waals surface area contributed by atoms with Gasteiger partial charge in [-0.3, -0.25) is 0 Å². The second-order valence-corrected chi connectivity index (χ2v) is 9.78. The van der Waals surface area contributed by atoms with E-state index in [4.69, 9.17) is 23.7 Å². The zero-order valence-corrected chi connectivity index (χ0v) is 22.9. The zero-order valence-electron chi connectivity index (χ0n) is 22.9. The fourth-order valence-electron chi connectivity index (χ4n) is 5.65. The summed E-state index contributed by atoms with van der Waals surface area (Å²) in [5.74, 6) is -23.4. The molecule has 0 N–H and O–H groups in total. The predicted molar refractivity (Wildman–Crippen MR) is 141 cm³/mol. The molecule has 0 amide bonds. The van der Waals surface area contributed by atoms with Gasteiger partial charge in [0.25, 0.3) is 0 Å². The summed E-state index contributed by atoms with van der Waals surface area (Å²) in [7, 11) is 0. The lowest BCUT2D eigenvalue weighted by molar-refractivity contribution is 0.454. The third-order valence-corrected chi connectivity index (χ3v) is 7.64. The van der Waals surface area contributed by atoms with Crippen molar-refractivity contribution in [2.45, 2.75) is 12.8 Å². The van der Waals surface area contributed by atoms with Crippen LogP contribution in [0.3, 0.4) is 0 Å². The Morgan fingerprint density at radius 1 is 0.500 bits per heavy atom. The van der Waals surface area contributed by atoms with Crippen LogP contribution in [-0.2, 0) is 12.8 Å². The Balaban J connectivity index is 2.24. The minimum atomic E-state index is -2.37. The molecule has 48 heavy (non-hydrogen) atoms. The summed E-state index contributed by atoms with van der Waals surface area (Å²) in [6.07, 6.45) is -2.37. The number of fused-ring (bicyclic) bond motifs is 2. The number of nitriles is 4. The maximum Gasteiger partial charge on any atom is 0.525 e. The van der Waals surface area contributed by atoms with E-state index in [9.17, 15) is 28.1 Å². The van der Waals surface area contributed by atoms with Crippen LogP contribution in [0.2, 0.25) is 0 Å². The van der Waals surface area contributed by atoms with E-state index in [1.165, 1.54) is 12.1 Å². The standard InChI is InChI=1S/C32H4F10N6/c1-47-32(48-2)13-4-12-17(21-30(41)26(37)15(8-46)27(38)31(21)42)18-11(3-10(22(18)33)9(5-43)6-44)16(19(12)23(13)34)20-28(39)24(35)14(7-45)25(36)29(20)40/h3-4H2. The van der Waals surface area contributed by atoms with Crippen molar-refractivity contribution in [3.05, 3.63) is 125 Å². The summed E-state index contributed by atoms with van der Waals surface area (Å²) >= 11 is 0. The molecule has 0 radical (unpaired) electrons. The molecule has 3 aromatic carbocycles. The molecule has 0 saturated carbocycles. The second-order valence-electron chi connectivity index (χ2n) is 9.78. The van der Waals surface area contributed by atoms with Gasteiger partial charge < -0.3 is 0 Å². The lowest BCUT2D eigenvalue weighted by Gasteiger charge is -2.18. The first-order chi connectivity index (χ1) is 22.8. The van der Waals surface area contributed by atoms with Crippen LogP contribution < -0.4 is 10.4 Å². The molecule has 5 rings (SSSR count). The lowest BCUT2D eigenvalue weighted by Crippen LogP contribution is -2.26. The smallest absolute Gasteiger partial charge is 0.207 e. The van der Waals surface area contributed by atoms with Gasteiger partial charge in [0.2, 0.25) is 0 Å². The van der Waals surface area contributed by atoms with E-state index < -0.39 is 149 Å². The minimum Gasteiger partial charge on any atom is -0.207 e. The third-order valence-electron chi connectivity index (χ3n) is 7.64. The number of benzene rings is 3. The van der Waals surface area contributed by atoms with Gasteiger partial charge in [0, 0.05) is 40.0 Å². The monoisotopic (exact) mass is 662 g/mol. The molecule has 0 bridgehead atoms. The van der Waals surface area contributed by atoms with Crippen LogP contribution in [-0.4, -0.2) is 0 Å². The molecule has 0 atom stereocenters. The highest BCUT2D eigenvalue weighted by atomic mass is 19.2. The number of allylic oxidation sites excluding steroid dienone is 3. The number of nitrogens with zero attached hydrogens (tertiary/aromatic N) is 6. The molecule has 0 unspecified atom stereocenters. The van der Waals surface area contributed by atoms with Gasteiger partial charge in [-0.2, -0.15) is 30.7 Å². The van der Waals surface area contributed by atoms with Gasteiger partial charge in [-0.25, -0.2) is 43.9 Å². The van der Waals surface area contributed by atoms with Gasteiger partial charge in [-0.15, -0.1) is 0 Å². The molecule has 3 aromatic rings. The average Bonchev–Trinajstić information content (AvgIpc) is 3.58. The normalized spacial score (nSPS) is 12.8. The van der Waals surface area contributed by atoms with Crippen LogP contribution in [0, 0.1) is 105 Å². The maximum atomic E-state index is 16.4. The van der Waals surface area contributed by atoms with Gasteiger partial charge in [-0.1, -0.05) is 0 Å². The van der Waals surface area contributed by atoms with Gasteiger partial charge in [0.05, 0.1) is 16.7 Å². The zero-order chi connectivity index (χ0) is 35.5. The molecule has 0 spiro atoms. The molecule has 0 heterocycles. The van der Waals surface area contributed by atoms with Gasteiger partial charge in [0.1, 0.15) is 65.8 Å². The molecule has 0 fully saturated rings. The molecule has 232 valence electrons. The number of hydrogen-bond acceptors (Lipinski definition) is 4.